The van der Waals surface area contributed by atoms with Crippen LogP contribution in [0.3, 0.4) is 0 Å². The topological polar surface area (TPSA) is 72.3 Å². The number of hydrogen-bond donors (Lipinski definition) is 1. The van der Waals surface area contributed by atoms with Crippen LogP contribution in [-0.2, 0) is 5.54 Å². The van der Waals surface area contributed by atoms with Crippen molar-refractivity contribution in [3.63, 3.8) is 0 Å². The third-order valence-electron chi connectivity index (χ3n) is 7.17. The van der Waals surface area contributed by atoms with Crippen LogP contribution in [0.2, 0.25) is 10.3 Å². The number of benzene rings is 3. The molecule has 7 aromatic rings. The van der Waals surface area contributed by atoms with Gasteiger partial charge in [-0.25, -0.2) is 14.6 Å². The third kappa shape index (κ3) is 5.54. The van der Waals surface area contributed by atoms with Gasteiger partial charge in [-0.05, 0) is 87.9 Å². The fourth-order valence-corrected chi connectivity index (χ4v) is 7.77. The summed E-state index contributed by atoms with van der Waals surface area (Å²) in [4.78, 5) is 8.62. The van der Waals surface area contributed by atoms with Crippen LogP contribution in [0.5, 0.6) is 0 Å². The van der Waals surface area contributed by atoms with Crippen molar-refractivity contribution in [2.45, 2.75) is 19.4 Å². The Morgan fingerprint density at radius 3 is 1.65 bits per heavy atom. The fraction of sp³-hybridized carbons (Fsp3) is 0.0909. The minimum absolute atomic E-state index is 0.480. The predicted octanol–water partition coefficient (Wildman–Crippen LogP) is 9.36. The molecule has 1 N–H and O–H groups in total. The van der Waals surface area contributed by atoms with Gasteiger partial charge < -0.3 is 0 Å². The highest BCUT2D eigenvalue weighted by Gasteiger charge is 2.41. The molecule has 0 aliphatic carbocycles. The number of H-pyrrole nitrogens is 1. The third-order valence-corrected chi connectivity index (χ3v) is 9.26. The Hall–Kier alpha value is -3.06. The molecule has 0 aliphatic rings. The average Bonchev–Trinajstić information content (AvgIpc) is 3.55. The molecule has 6 nitrogen and oxygen atoms in total. The summed E-state index contributed by atoms with van der Waals surface area (Å²) in [6.45, 7) is 3.86. The van der Waals surface area contributed by atoms with E-state index in [0.717, 1.165) is 57.3 Å². The number of halogens is 4. The molecule has 0 unspecified atom stereocenters. The van der Waals surface area contributed by atoms with Crippen LogP contribution in [-0.4, -0.2) is 29.9 Å². The van der Waals surface area contributed by atoms with Gasteiger partial charge in [0.15, 0.2) is 0 Å². The lowest BCUT2D eigenvalue weighted by molar-refractivity contribution is 0.473. The lowest BCUT2D eigenvalue weighted by Crippen LogP contribution is -2.38. The van der Waals surface area contributed by atoms with E-state index in [4.69, 9.17) is 28.3 Å². The molecule has 0 aliphatic heterocycles. The zero-order valence-electron chi connectivity index (χ0n) is 23.1. The first-order valence-corrected chi connectivity index (χ1v) is 16.3. The van der Waals surface area contributed by atoms with Crippen LogP contribution in [0.1, 0.15) is 28.1 Å². The van der Waals surface area contributed by atoms with Crippen LogP contribution >= 0.6 is 68.4 Å². The van der Waals surface area contributed by atoms with Crippen LogP contribution < -0.4 is 0 Å². The summed E-state index contributed by atoms with van der Waals surface area (Å²) in [6, 6.07) is 35.5. The number of aromatic amines is 1. The van der Waals surface area contributed by atoms with Crippen molar-refractivity contribution in [2.24, 2.45) is 0 Å². The molecule has 0 fully saturated rings. The highest BCUT2D eigenvalue weighted by atomic mass is 127. The number of nitrogens with zero attached hydrogens (tertiary/aromatic N) is 5. The molecule has 4 heterocycles. The van der Waals surface area contributed by atoms with Crippen molar-refractivity contribution >= 4 is 90.2 Å². The summed E-state index contributed by atoms with van der Waals surface area (Å²) < 4.78 is 3.88. The Labute approximate surface area is 286 Å². The molecule has 0 radical (unpaired) electrons. The summed E-state index contributed by atoms with van der Waals surface area (Å²) in [5.41, 5.74) is 6.27. The predicted molar refractivity (Wildman–Crippen MR) is 191 cm³/mol. The number of aryl methyl sites for hydroxylation is 2. The second-order valence-electron chi connectivity index (χ2n) is 9.95. The second-order valence-corrected chi connectivity index (χ2v) is 12.8. The fourth-order valence-electron chi connectivity index (χ4n) is 5.40. The number of rotatable bonds is 4. The van der Waals surface area contributed by atoms with E-state index in [1.165, 1.54) is 0 Å². The van der Waals surface area contributed by atoms with Crippen molar-refractivity contribution < 1.29 is 0 Å². The normalized spacial score (nSPS) is 11.5. The minimum Gasteiger partial charge on any atom is -0.271 e. The highest BCUT2D eigenvalue weighted by molar-refractivity contribution is 14.1. The average molecular weight is 829 g/mol. The van der Waals surface area contributed by atoms with E-state index in [1.54, 1.807) is 0 Å². The van der Waals surface area contributed by atoms with Gasteiger partial charge >= 0.3 is 0 Å². The molecule has 214 valence electrons. The minimum atomic E-state index is -0.678. The SMILES string of the molecule is Cc1cc2c(c(Cl)n1)c(I)nn2C(c1ccccc1)(c1ccccc1)c1ccccc1.Cc1cc2n[nH]c(I)c2c(Cl)n1. The van der Waals surface area contributed by atoms with Crippen LogP contribution in [0, 0.1) is 21.2 Å². The standard InChI is InChI=1S/C26H19ClIN3.C7H5ClIN3/c1-18-17-22-23(24(27)29-18)25(28)30-31(22)26(19-11-5-2-6-12-19,20-13-7-3-8-14-20)21-15-9-4-10-16-21;1-3-2-4-5(6(8)10-3)7(9)12-11-4/h2-17H,1H3;2H,1H3,(H,11,12). The van der Waals surface area contributed by atoms with Gasteiger partial charge in [0.05, 0.1) is 21.8 Å². The number of aromatic nitrogens is 6. The van der Waals surface area contributed by atoms with Gasteiger partial charge in [0.25, 0.3) is 0 Å². The van der Waals surface area contributed by atoms with Crippen molar-refractivity contribution in [2.75, 3.05) is 0 Å². The van der Waals surface area contributed by atoms with E-state index in [2.05, 4.69) is 149 Å². The number of pyridine rings is 2. The number of fused-ring (bicyclic) bond motifs is 2. The van der Waals surface area contributed by atoms with E-state index in [-0.39, 0.29) is 0 Å². The zero-order chi connectivity index (χ0) is 30.1. The monoisotopic (exact) mass is 828 g/mol. The summed E-state index contributed by atoms with van der Waals surface area (Å²) in [7, 11) is 0. The molecule has 0 saturated carbocycles. The molecule has 0 saturated heterocycles. The van der Waals surface area contributed by atoms with Crippen molar-refractivity contribution in [3.8, 4) is 0 Å². The maximum atomic E-state index is 6.60. The number of nitrogens with one attached hydrogen (secondary N) is 1. The van der Waals surface area contributed by atoms with E-state index in [1.807, 2.05) is 38.1 Å². The van der Waals surface area contributed by atoms with E-state index in [0.29, 0.717) is 10.3 Å². The molecule has 0 bridgehead atoms. The van der Waals surface area contributed by atoms with E-state index < -0.39 is 5.54 Å². The van der Waals surface area contributed by atoms with Crippen LogP contribution in [0.25, 0.3) is 21.8 Å². The summed E-state index contributed by atoms with van der Waals surface area (Å²) >= 11 is 16.9. The van der Waals surface area contributed by atoms with Gasteiger partial charge in [-0.1, -0.05) is 114 Å². The van der Waals surface area contributed by atoms with Gasteiger partial charge in [-0.3, -0.25) is 5.10 Å². The van der Waals surface area contributed by atoms with Crippen LogP contribution in [0.15, 0.2) is 103 Å². The zero-order valence-corrected chi connectivity index (χ0v) is 28.9. The molecule has 10 heteroatoms. The molecular weight excluding hydrogens is 805 g/mol. The molecule has 0 atom stereocenters. The first-order chi connectivity index (χ1) is 20.8. The van der Waals surface area contributed by atoms with Crippen molar-refractivity contribution in [3.05, 3.63) is 149 Å². The Morgan fingerprint density at radius 2 is 1.14 bits per heavy atom. The lowest BCUT2D eigenvalue weighted by atomic mass is 9.77. The van der Waals surface area contributed by atoms with Gasteiger partial charge in [-0.2, -0.15) is 10.2 Å². The van der Waals surface area contributed by atoms with Gasteiger partial charge in [0.1, 0.15) is 23.2 Å². The smallest absolute Gasteiger partial charge is 0.141 e. The Bertz CT molecular complexity index is 1950. The summed E-state index contributed by atoms with van der Waals surface area (Å²) in [5, 5.41) is 14.8. The maximum Gasteiger partial charge on any atom is 0.141 e. The Kier molecular flexibility index (Phi) is 8.72. The van der Waals surface area contributed by atoms with E-state index >= 15 is 0 Å². The number of hydrogen-bond acceptors (Lipinski definition) is 4. The molecule has 3 aromatic carbocycles. The molecule has 0 spiro atoms. The quantitative estimate of drug-likeness (QED) is 0.109. The van der Waals surface area contributed by atoms with Crippen molar-refractivity contribution in [1.82, 2.24) is 29.9 Å². The molecule has 7 rings (SSSR count). The molecular formula is C33H24Cl2I2N6. The molecule has 43 heavy (non-hydrogen) atoms. The lowest BCUT2D eigenvalue weighted by Gasteiger charge is -2.37. The van der Waals surface area contributed by atoms with Crippen LogP contribution in [0.4, 0.5) is 0 Å². The Balaban J connectivity index is 0.000000229. The Morgan fingerprint density at radius 1 is 0.674 bits per heavy atom. The summed E-state index contributed by atoms with van der Waals surface area (Å²) in [5.74, 6) is 0. The second kappa shape index (κ2) is 12.5. The maximum absolute atomic E-state index is 6.60. The van der Waals surface area contributed by atoms with Crippen molar-refractivity contribution in [1.29, 1.82) is 0 Å². The van der Waals surface area contributed by atoms with Gasteiger partial charge in [-0.15, -0.1) is 0 Å². The largest absolute Gasteiger partial charge is 0.271 e. The first-order valence-electron chi connectivity index (χ1n) is 13.4. The highest BCUT2D eigenvalue weighted by Crippen LogP contribution is 2.43. The van der Waals surface area contributed by atoms with E-state index in [9.17, 15) is 0 Å². The van der Waals surface area contributed by atoms with Gasteiger partial charge in [0.2, 0.25) is 0 Å². The van der Waals surface area contributed by atoms with Gasteiger partial charge in [0, 0.05) is 11.4 Å². The first kappa shape index (κ1) is 30.0. The molecule has 4 aromatic heterocycles. The molecule has 0 amide bonds. The summed E-state index contributed by atoms with van der Waals surface area (Å²) in [6.07, 6.45) is 0.